The highest BCUT2D eigenvalue weighted by molar-refractivity contribution is 5.52. The minimum Gasteiger partial charge on any atom is -0.369 e. The molecule has 0 aliphatic carbocycles. The van der Waals surface area contributed by atoms with Gasteiger partial charge in [0, 0.05) is 6.54 Å². The second-order valence-corrected chi connectivity index (χ2v) is 2.13. The fourth-order valence-electron chi connectivity index (χ4n) is 0.779. The summed E-state index contributed by atoms with van der Waals surface area (Å²) >= 11 is 0. The smallest absolute Gasteiger partial charge is 0.222 e. The minimum atomic E-state index is 0.171. The van der Waals surface area contributed by atoms with Crippen molar-refractivity contribution in [3.05, 3.63) is 11.8 Å². The predicted molar refractivity (Wildman–Crippen MR) is 45.3 cm³/mol. The van der Waals surface area contributed by atoms with E-state index in [4.69, 9.17) is 11.0 Å². The van der Waals surface area contributed by atoms with E-state index in [1.165, 1.54) is 6.20 Å². The van der Waals surface area contributed by atoms with Crippen molar-refractivity contribution in [1.29, 1.82) is 5.26 Å². The molecule has 0 unspecified atom stereocenters. The van der Waals surface area contributed by atoms with Crippen LogP contribution in [0, 0.1) is 11.3 Å². The third-order valence-corrected chi connectivity index (χ3v) is 1.27. The Balaban J connectivity index is 3.06. The summed E-state index contributed by atoms with van der Waals surface area (Å²) in [6.45, 7) is 2.62. The van der Waals surface area contributed by atoms with Crippen molar-refractivity contribution in [1.82, 2.24) is 9.97 Å². The summed E-state index contributed by atoms with van der Waals surface area (Å²) in [6.07, 6.45) is 1.40. The van der Waals surface area contributed by atoms with Gasteiger partial charge in [-0.15, -0.1) is 0 Å². The molecule has 62 valence electrons. The molecule has 0 fully saturated rings. The van der Waals surface area contributed by atoms with E-state index in [9.17, 15) is 0 Å². The van der Waals surface area contributed by atoms with Crippen LogP contribution in [0.25, 0.3) is 0 Å². The van der Waals surface area contributed by atoms with E-state index in [0.717, 1.165) is 0 Å². The zero-order valence-corrected chi connectivity index (χ0v) is 6.70. The van der Waals surface area contributed by atoms with Crippen LogP contribution >= 0.6 is 0 Å². The van der Waals surface area contributed by atoms with Gasteiger partial charge in [-0.05, 0) is 6.92 Å². The Hall–Kier alpha value is -1.83. The normalized spacial score (nSPS) is 9.00. The first kappa shape index (κ1) is 8.27. The topological polar surface area (TPSA) is 87.6 Å². The summed E-state index contributed by atoms with van der Waals surface area (Å²) in [6, 6.07) is 1.96. The SMILES string of the molecule is CCNc1nc(N)ncc1C#N. The molecule has 0 amide bonds. The van der Waals surface area contributed by atoms with E-state index in [1.807, 2.05) is 13.0 Å². The maximum atomic E-state index is 8.63. The molecule has 1 heterocycles. The molecule has 0 bridgehead atoms. The van der Waals surface area contributed by atoms with E-state index in [1.54, 1.807) is 0 Å². The van der Waals surface area contributed by atoms with Gasteiger partial charge in [-0.2, -0.15) is 10.2 Å². The van der Waals surface area contributed by atoms with Crippen LogP contribution in [0.1, 0.15) is 12.5 Å². The lowest BCUT2D eigenvalue weighted by atomic mass is 10.3. The van der Waals surface area contributed by atoms with Crippen LogP contribution < -0.4 is 11.1 Å². The minimum absolute atomic E-state index is 0.171. The average molecular weight is 163 g/mol. The van der Waals surface area contributed by atoms with Crippen molar-refractivity contribution >= 4 is 11.8 Å². The van der Waals surface area contributed by atoms with Gasteiger partial charge in [0.25, 0.3) is 0 Å². The van der Waals surface area contributed by atoms with E-state index < -0.39 is 0 Å². The number of nitrogens with one attached hydrogen (secondary N) is 1. The quantitative estimate of drug-likeness (QED) is 0.657. The molecular weight excluding hydrogens is 154 g/mol. The maximum Gasteiger partial charge on any atom is 0.222 e. The van der Waals surface area contributed by atoms with Crippen molar-refractivity contribution in [3.8, 4) is 6.07 Å². The number of nitrogen functional groups attached to an aromatic ring is 1. The zero-order valence-electron chi connectivity index (χ0n) is 6.70. The van der Waals surface area contributed by atoms with Gasteiger partial charge >= 0.3 is 0 Å². The Labute approximate surface area is 70.2 Å². The average Bonchev–Trinajstić information content (AvgIpc) is 2.05. The second-order valence-electron chi connectivity index (χ2n) is 2.13. The standard InChI is InChI=1S/C7H9N5/c1-2-10-6-5(3-8)4-11-7(9)12-6/h4H,2H2,1H3,(H3,9,10,11,12). The fourth-order valence-corrected chi connectivity index (χ4v) is 0.779. The van der Waals surface area contributed by atoms with Gasteiger partial charge in [0.15, 0.2) is 0 Å². The van der Waals surface area contributed by atoms with Gasteiger partial charge in [0.2, 0.25) is 5.95 Å². The van der Waals surface area contributed by atoms with Crippen molar-refractivity contribution in [2.75, 3.05) is 17.6 Å². The molecule has 0 spiro atoms. The highest BCUT2D eigenvalue weighted by Gasteiger charge is 2.02. The summed E-state index contributed by atoms with van der Waals surface area (Å²) in [4.78, 5) is 7.56. The largest absolute Gasteiger partial charge is 0.369 e. The number of rotatable bonds is 2. The van der Waals surface area contributed by atoms with Crippen molar-refractivity contribution in [2.24, 2.45) is 0 Å². The number of nitriles is 1. The molecule has 0 atom stereocenters. The van der Waals surface area contributed by atoms with Crippen LogP contribution in [0.2, 0.25) is 0 Å². The Bertz CT molecular complexity index is 314. The van der Waals surface area contributed by atoms with Gasteiger partial charge in [0.05, 0.1) is 6.20 Å². The highest BCUT2D eigenvalue weighted by atomic mass is 15.1. The van der Waals surface area contributed by atoms with Crippen LogP contribution in [-0.2, 0) is 0 Å². The molecule has 1 aromatic rings. The molecule has 5 nitrogen and oxygen atoms in total. The first-order valence-corrected chi connectivity index (χ1v) is 3.54. The summed E-state index contributed by atoms with van der Waals surface area (Å²) in [5.41, 5.74) is 5.75. The first-order valence-electron chi connectivity index (χ1n) is 3.54. The van der Waals surface area contributed by atoms with Gasteiger partial charge in [-0.25, -0.2) is 4.98 Å². The number of anilines is 2. The van der Waals surface area contributed by atoms with E-state index in [-0.39, 0.29) is 5.95 Å². The number of nitrogens with two attached hydrogens (primary N) is 1. The van der Waals surface area contributed by atoms with E-state index in [2.05, 4.69) is 15.3 Å². The molecule has 0 aliphatic heterocycles. The zero-order chi connectivity index (χ0) is 8.97. The number of nitrogens with zero attached hydrogens (tertiary/aromatic N) is 3. The van der Waals surface area contributed by atoms with Crippen LogP contribution in [0.3, 0.4) is 0 Å². The fraction of sp³-hybridized carbons (Fsp3) is 0.286. The Kier molecular flexibility index (Phi) is 2.43. The molecule has 5 heteroatoms. The summed E-state index contributed by atoms with van der Waals surface area (Å²) in [5.74, 6) is 0.664. The second kappa shape index (κ2) is 3.53. The van der Waals surface area contributed by atoms with Crippen molar-refractivity contribution in [3.63, 3.8) is 0 Å². The number of hydrogen-bond donors (Lipinski definition) is 2. The van der Waals surface area contributed by atoms with Gasteiger partial charge in [-0.1, -0.05) is 0 Å². The molecule has 12 heavy (non-hydrogen) atoms. The summed E-state index contributed by atoms with van der Waals surface area (Å²) < 4.78 is 0. The Morgan fingerprint density at radius 1 is 1.75 bits per heavy atom. The molecule has 0 aliphatic rings. The lowest BCUT2D eigenvalue weighted by molar-refractivity contribution is 1.11. The van der Waals surface area contributed by atoms with Crippen molar-refractivity contribution in [2.45, 2.75) is 6.92 Å². The maximum absolute atomic E-state index is 8.63. The van der Waals surface area contributed by atoms with E-state index >= 15 is 0 Å². The number of hydrogen-bond acceptors (Lipinski definition) is 5. The lowest BCUT2D eigenvalue weighted by Gasteiger charge is -2.03. The molecule has 1 aromatic heterocycles. The molecule has 0 radical (unpaired) electrons. The van der Waals surface area contributed by atoms with Gasteiger partial charge in [0.1, 0.15) is 17.5 Å². The third-order valence-electron chi connectivity index (χ3n) is 1.27. The lowest BCUT2D eigenvalue weighted by Crippen LogP contribution is -2.05. The Morgan fingerprint density at radius 3 is 3.08 bits per heavy atom. The molecule has 0 saturated carbocycles. The van der Waals surface area contributed by atoms with Crippen LogP contribution in [0.4, 0.5) is 11.8 Å². The summed E-state index contributed by atoms with van der Waals surface area (Å²) in [7, 11) is 0. The first-order chi connectivity index (χ1) is 5.77. The Morgan fingerprint density at radius 2 is 2.50 bits per heavy atom. The predicted octanol–water partition coefficient (Wildman–Crippen LogP) is 0.362. The van der Waals surface area contributed by atoms with Crippen LogP contribution in [-0.4, -0.2) is 16.5 Å². The molecule has 0 saturated heterocycles. The molecule has 1 rings (SSSR count). The van der Waals surface area contributed by atoms with Crippen molar-refractivity contribution < 1.29 is 0 Å². The molecular formula is C7H9N5. The molecule has 3 N–H and O–H groups in total. The van der Waals surface area contributed by atoms with Gasteiger partial charge in [-0.3, -0.25) is 0 Å². The molecule has 0 aromatic carbocycles. The van der Waals surface area contributed by atoms with Gasteiger partial charge < -0.3 is 11.1 Å². The summed E-state index contributed by atoms with van der Waals surface area (Å²) in [5, 5.41) is 11.5. The van der Waals surface area contributed by atoms with Crippen LogP contribution in [0.5, 0.6) is 0 Å². The third kappa shape index (κ3) is 1.61. The number of aromatic nitrogens is 2. The van der Waals surface area contributed by atoms with E-state index in [0.29, 0.717) is 17.9 Å². The highest BCUT2D eigenvalue weighted by Crippen LogP contribution is 2.09. The van der Waals surface area contributed by atoms with Crippen LogP contribution in [0.15, 0.2) is 6.20 Å². The monoisotopic (exact) mass is 163 g/mol.